The van der Waals surface area contributed by atoms with Crippen LogP contribution in [0.2, 0.25) is 0 Å². The number of pyridine rings is 1. The summed E-state index contributed by atoms with van der Waals surface area (Å²) in [5, 5.41) is 7.61. The van der Waals surface area contributed by atoms with Crippen LogP contribution in [0.15, 0.2) is 60.8 Å². The van der Waals surface area contributed by atoms with Gasteiger partial charge in [-0.1, -0.05) is 6.07 Å². The average Bonchev–Trinajstić information content (AvgIpc) is 3.06. The molecule has 0 atom stereocenters. The molecule has 11 heteroatoms. The third-order valence-corrected chi connectivity index (χ3v) is 4.18. The van der Waals surface area contributed by atoms with Gasteiger partial charge in [0.1, 0.15) is 17.2 Å². The molecule has 1 aliphatic rings. The van der Waals surface area contributed by atoms with Crippen molar-refractivity contribution in [3.05, 3.63) is 66.5 Å². The van der Waals surface area contributed by atoms with Gasteiger partial charge in [-0.25, -0.2) is 4.79 Å². The summed E-state index contributed by atoms with van der Waals surface area (Å²) >= 11 is 0. The molecule has 4 rings (SSSR count). The Morgan fingerprint density at radius 1 is 0.938 bits per heavy atom. The fourth-order valence-electron chi connectivity index (χ4n) is 2.82. The minimum absolute atomic E-state index is 0.124. The number of nitrogens with zero attached hydrogens (tertiary/aromatic N) is 1. The first-order chi connectivity index (χ1) is 15.3. The molecule has 0 fully saturated rings. The van der Waals surface area contributed by atoms with Gasteiger partial charge in [0.15, 0.2) is 11.5 Å². The molecule has 1 aromatic heterocycles. The lowest BCUT2D eigenvalue weighted by molar-refractivity contribution is -0.286. The SMILES string of the molecule is CNC(=O)c1cc(Oc2cccc(NC(=O)Nc3ccc4c(c3)OC(F)(F)O4)c2)ccn1. The number of ether oxygens (including phenoxy) is 3. The highest BCUT2D eigenvalue weighted by Crippen LogP contribution is 2.42. The number of anilines is 2. The molecule has 1 aliphatic heterocycles. The van der Waals surface area contributed by atoms with Gasteiger partial charge in [0.2, 0.25) is 0 Å². The molecule has 0 unspecified atom stereocenters. The van der Waals surface area contributed by atoms with Gasteiger partial charge < -0.3 is 30.2 Å². The fraction of sp³-hybridized carbons (Fsp3) is 0.0952. The van der Waals surface area contributed by atoms with Crippen molar-refractivity contribution in [1.29, 1.82) is 0 Å². The summed E-state index contributed by atoms with van der Waals surface area (Å²) in [6.07, 6.45) is -2.30. The molecular formula is C21H16F2N4O5. The molecule has 164 valence electrons. The molecule has 0 spiro atoms. The van der Waals surface area contributed by atoms with E-state index in [0.29, 0.717) is 17.2 Å². The Morgan fingerprint density at radius 2 is 1.66 bits per heavy atom. The number of alkyl halides is 2. The number of rotatable bonds is 5. The van der Waals surface area contributed by atoms with E-state index in [0.717, 1.165) is 0 Å². The number of hydrogen-bond donors (Lipinski definition) is 3. The normalized spacial score (nSPS) is 13.2. The Hall–Kier alpha value is -4.41. The third kappa shape index (κ3) is 4.83. The second-order valence-corrected chi connectivity index (χ2v) is 6.49. The van der Waals surface area contributed by atoms with Gasteiger partial charge in [0, 0.05) is 42.8 Å². The Labute approximate surface area is 180 Å². The van der Waals surface area contributed by atoms with E-state index in [4.69, 9.17) is 4.74 Å². The second kappa shape index (κ2) is 8.38. The van der Waals surface area contributed by atoms with Crippen LogP contribution in [0.3, 0.4) is 0 Å². The van der Waals surface area contributed by atoms with E-state index in [9.17, 15) is 18.4 Å². The van der Waals surface area contributed by atoms with Crippen molar-refractivity contribution >= 4 is 23.3 Å². The zero-order chi connectivity index (χ0) is 22.7. The van der Waals surface area contributed by atoms with Gasteiger partial charge in [0.05, 0.1) is 0 Å². The van der Waals surface area contributed by atoms with E-state index in [1.807, 2.05) is 0 Å². The predicted molar refractivity (Wildman–Crippen MR) is 109 cm³/mol. The molecule has 0 bridgehead atoms. The molecule has 2 aromatic carbocycles. The summed E-state index contributed by atoms with van der Waals surface area (Å²) in [5.41, 5.74) is 0.835. The molecule has 2 heterocycles. The maximum absolute atomic E-state index is 13.1. The summed E-state index contributed by atoms with van der Waals surface area (Å²) < 4.78 is 40.6. The maximum Gasteiger partial charge on any atom is 0.586 e. The highest BCUT2D eigenvalue weighted by atomic mass is 19.3. The first kappa shape index (κ1) is 20.8. The van der Waals surface area contributed by atoms with E-state index >= 15 is 0 Å². The predicted octanol–water partition coefficient (Wildman–Crippen LogP) is 4.20. The number of aromatic nitrogens is 1. The molecule has 3 N–H and O–H groups in total. The molecule has 0 aliphatic carbocycles. The van der Waals surface area contributed by atoms with Gasteiger partial charge in [-0.15, -0.1) is 8.78 Å². The van der Waals surface area contributed by atoms with E-state index in [-0.39, 0.29) is 28.8 Å². The van der Waals surface area contributed by atoms with E-state index in [2.05, 4.69) is 30.4 Å². The minimum Gasteiger partial charge on any atom is -0.457 e. The number of amides is 3. The Bertz CT molecular complexity index is 1190. The molecule has 32 heavy (non-hydrogen) atoms. The lowest BCUT2D eigenvalue weighted by Crippen LogP contribution is -2.25. The van der Waals surface area contributed by atoms with Gasteiger partial charge in [-0.05, 0) is 30.3 Å². The lowest BCUT2D eigenvalue weighted by Gasteiger charge is -2.10. The van der Waals surface area contributed by atoms with Gasteiger partial charge >= 0.3 is 12.3 Å². The highest BCUT2D eigenvalue weighted by molar-refractivity contribution is 6.00. The molecular weight excluding hydrogens is 426 g/mol. The standard InChI is InChI=1S/C21H16F2N4O5/c1-24-19(28)16-11-15(7-8-25-16)30-14-4-2-3-12(9-14)26-20(29)27-13-5-6-17-18(10-13)32-21(22,23)31-17/h2-11H,1H3,(H,24,28)(H2,26,27,29). The smallest absolute Gasteiger partial charge is 0.457 e. The summed E-state index contributed by atoms with van der Waals surface area (Å²) in [6.45, 7) is 0. The molecule has 0 radical (unpaired) electrons. The van der Waals surface area contributed by atoms with Crippen LogP contribution in [0.4, 0.5) is 25.0 Å². The van der Waals surface area contributed by atoms with Crippen molar-refractivity contribution in [2.75, 3.05) is 17.7 Å². The molecule has 0 saturated carbocycles. The number of nitrogens with one attached hydrogen (secondary N) is 3. The zero-order valence-corrected chi connectivity index (χ0v) is 16.5. The number of halogens is 2. The van der Waals surface area contributed by atoms with Crippen LogP contribution in [-0.4, -0.2) is 30.3 Å². The van der Waals surface area contributed by atoms with Crippen molar-refractivity contribution in [2.24, 2.45) is 0 Å². The number of fused-ring (bicyclic) bond motifs is 1. The number of carbonyl (C=O) groups is 2. The van der Waals surface area contributed by atoms with Gasteiger partial charge in [-0.2, -0.15) is 0 Å². The van der Waals surface area contributed by atoms with Crippen molar-refractivity contribution in [2.45, 2.75) is 6.29 Å². The summed E-state index contributed by atoms with van der Waals surface area (Å²) in [7, 11) is 1.50. The largest absolute Gasteiger partial charge is 0.586 e. The number of carbonyl (C=O) groups excluding carboxylic acids is 2. The second-order valence-electron chi connectivity index (χ2n) is 6.49. The third-order valence-electron chi connectivity index (χ3n) is 4.18. The monoisotopic (exact) mass is 442 g/mol. The minimum atomic E-state index is -3.74. The van der Waals surface area contributed by atoms with Crippen LogP contribution in [-0.2, 0) is 0 Å². The number of urea groups is 1. The van der Waals surface area contributed by atoms with Crippen LogP contribution in [0, 0.1) is 0 Å². The van der Waals surface area contributed by atoms with Crippen LogP contribution in [0.25, 0.3) is 0 Å². The highest BCUT2D eigenvalue weighted by Gasteiger charge is 2.43. The van der Waals surface area contributed by atoms with E-state index in [1.54, 1.807) is 30.3 Å². The first-order valence-electron chi connectivity index (χ1n) is 9.25. The summed E-state index contributed by atoms with van der Waals surface area (Å²) in [5.74, 6) is 0.132. The lowest BCUT2D eigenvalue weighted by atomic mass is 10.2. The summed E-state index contributed by atoms with van der Waals surface area (Å²) in [6, 6.07) is 12.9. The van der Waals surface area contributed by atoms with Gasteiger partial charge in [0.25, 0.3) is 5.91 Å². The Kier molecular flexibility index (Phi) is 5.46. The molecule has 0 saturated heterocycles. The molecule has 3 aromatic rings. The molecule has 9 nitrogen and oxygen atoms in total. The van der Waals surface area contributed by atoms with E-state index < -0.39 is 12.3 Å². The zero-order valence-electron chi connectivity index (χ0n) is 16.5. The Balaban J connectivity index is 1.40. The van der Waals surface area contributed by atoms with Crippen molar-refractivity contribution in [3.8, 4) is 23.0 Å². The Morgan fingerprint density at radius 3 is 2.44 bits per heavy atom. The number of benzene rings is 2. The number of hydrogen-bond acceptors (Lipinski definition) is 6. The maximum atomic E-state index is 13.1. The van der Waals surface area contributed by atoms with Crippen molar-refractivity contribution in [3.63, 3.8) is 0 Å². The van der Waals surface area contributed by atoms with E-state index in [1.165, 1.54) is 37.5 Å². The van der Waals surface area contributed by atoms with Crippen LogP contribution in [0.5, 0.6) is 23.0 Å². The van der Waals surface area contributed by atoms with Crippen LogP contribution < -0.4 is 30.2 Å². The van der Waals surface area contributed by atoms with Crippen molar-refractivity contribution in [1.82, 2.24) is 10.3 Å². The van der Waals surface area contributed by atoms with Crippen molar-refractivity contribution < 1.29 is 32.6 Å². The first-order valence-corrected chi connectivity index (χ1v) is 9.25. The molecule has 3 amide bonds. The van der Waals surface area contributed by atoms with Crippen LogP contribution >= 0.6 is 0 Å². The topological polar surface area (TPSA) is 111 Å². The van der Waals surface area contributed by atoms with Crippen LogP contribution in [0.1, 0.15) is 10.5 Å². The average molecular weight is 442 g/mol. The summed E-state index contributed by atoms with van der Waals surface area (Å²) in [4.78, 5) is 28.0. The van der Waals surface area contributed by atoms with Gasteiger partial charge in [-0.3, -0.25) is 9.78 Å². The fourth-order valence-corrected chi connectivity index (χ4v) is 2.82. The quantitative estimate of drug-likeness (QED) is 0.546.